The molecule has 0 fully saturated rings. The van der Waals surface area contributed by atoms with Crippen molar-refractivity contribution in [2.24, 2.45) is 0 Å². The lowest BCUT2D eigenvalue weighted by molar-refractivity contribution is 0.470. The number of hydrogen-bond donors (Lipinski definition) is 0. The van der Waals surface area contributed by atoms with E-state index in [1.165, 1.54) is 26.1 Å². The van der Waals surface area contributed by atoms with E-state index < -0.39 is 8.07 Å². The SMILES string of the molecule is c1ccc([Si]23c4ccccc4Oc4cc5ccccc5c(c42)Oc2c3ccc3ccccc23)cc1. The second-order valence-electron chi connectivity index (χ2n) is 9.28. The van der Waals surface area contributed by atoms with Crippen LogP contribution in [0.15, 0.2) is 121 Å². The smallest absolute Gasteiger partial charge is 0.197 e. The lowest BCUT2D eigenvalue weighted by atomic mass is 10.1. The number of benzene rings is 6. The molecule has 0 amide bonds. The van der Waals surface area contributed by atoms with Crippen molar-refractivity contribution in [3.63, 3.8) is 0 Å². The minimum Gasteiger partial charge on any atom is -0.457 e. The van der Waals surface area contributed by atoms with Crippen LogP contribution >= 0.6 is 0 Å². The zero-order valence-corrected chi connectivity index (χ0v) is 19.9. The molecule has 0 aromatic heterocycles. The quantitative estimate of drug-likeness (QED) is 0.295. The van der Waals surface area contributed by atoms with Crippen LogP contribution in [0.3, 0.4) is 0 Å². The molecule has 2 aliphatic rings. The molecule has 6 aromatic carbocycles. The maximum absolute atomic E-state index is 6.97. The van der Waals surface area contributed by atoms with Crippen LogP contribution in [0.2, 0.25) is 0 Å². The van der Waals surface area contributed by atoms with Gasteiger partial charge in [-0.05, 0) is 38.5 Å². The first-order valence-electron chi connectivity index (χ1n) is 11.9. The number of rotatable bonds is 1. The Balaban J connectivity index is 1.65. The molecule has 1 atom stereocenters. The minimum atomic E-state index is -2.74. The van der Waals surface area contributed by atoms with Gasteiger partial charge in [-0.15, -0.1) is 0 Å². The van der Waals surface area contributed by atoms with E-state index in [0.29, 0.717) is 0 Å². The highest BCUT2D eigenvalue weighted by Gasteiger charge is 2.54. The predicted octanol–water partition coefficient (Wildman–Crippen LogP) is 5.58. The molecular formula is C32H20O2Si. The molecule has 164 valence electrons. The van der Waals surface area contributed by atoms with Crippen molar-refractivity contribution < 1.29 is 9.47 Å². The van der Waals surface area contributed by atoms with Gasteiger partial charge in [0.05, 0.1) is 0 Å². The van der Waals surface area contributed by atoms with Gasteiger partial charge in [-0.2, -0.15) is 0 Å². The highest BCUT2D eigenvalue weighted by atomic mass is 28.3. The fourth-order valence-corrected chi connectivity index (χ4v) is 11.3. The highest BCUT2D eigenvalue weighted by Crippen LogP contribution is 2.44. The van der Waals surface area contributed by atoms with Crippen molar-refractivity contribution >= 4 is 50.4 Å². The Morgan fingerprint density at radius 1 is 0.457 bits per heavy atom. The molecule has 0 N–H and O–H groups in total. The van der Waals surface area contributed by atoms with Crippen molar-refractivity contribution in [3.8, 4) is 23.0 Å². The van der Waals surface area contributed by atoms with Crippen LogP contribution < -0.4 is 30.2 Å². The summed E-state index contributed by atoms with van der Waals surface area (Å²) in [5, 5.41) is 9.69. The Labute approximate surface area is 204 Å². The molecule has 0 aliphatic carbocycles. The van der Waals surface area contributed by atoms with Gasteiger partial charge in [0, 0.05) is 16.0 Å². The summed E-state index contributed by atoms with van der Waals surface area (Å²) in [6, 6.07) is 43.4. The van der Waals surface area contributed by atoms with E-state index in [9.17, 15) is 0 Å². The maximum atomic E-state index is 6.97. The predicted molar refractivity (Wildman–Crippen MR) is 145 cm³/mol. The van der Waals surface area contributed by atoms with Crippen molar-refractivity contribution in [1.29, 1.82) is 0 Å². The van der Waals surface area contributed by atoms with Gasteiger partial charge >= 0.3 is 0 Å². The molecule has 6 aromatic rings. The summed E-state index contributed by atoms with van der Waals surface area (Å²) in [7, 11) is -2.74. The average molecular weight is 465 g/mol. The standard InChI is InChI=1S/C32H20O2Si/c1-2-12-23(13-3-1)35-28-17-9-8-16-26(28)33-27-20-22-11-5-7-15-25(22)31(32(27)35)34-30-24-14-6-4-10-21(24)18-19-29(30)35/h1-20H. The third-order valence-corrected chi connectivity index (χ3v) is 12.4. The van der Waals surface area contributed by atoms with E-state index in [1.54, 1.807) is 0 Å². The molecule has 8 rings (SSSR count). The van der Waals surface area contributed by atoms with Gasteiger partial charge in [-0.25, -0.2) is 0 Å². The zero-order valence-electron chi connectivity index (χ0n) is 18.9. The minimum absolute atomic E-state index is 0.909. The van der Waals surface area contributed by atoms with Crippen LogP contribution in [0.25, 0.3) is 21.5 Å². The van der Waals surface area contributed by atoms with Gasteiger partial charge in [0.2, 0.25) is 0 Å². The second kappa shape index (κ2) is 6.84. The van der Waals surface area contributed by atoms with Gasteiger partial charge in [-0.1, -0.05) is 109 Å². The third-order valence-electron chi connectivity index (χ3n) is 7.55. The Hall–Kier alpha value is -4.34. The largest absolute Gasteiger partial charge is 0.457 e. The Morgan fingerprint density at radius 2 is 1.14 bits per heavy atom. The average Bonchev–Trinajstić information content (AvgIpc) is 2.93. The van der Waals surface area contributed by atoms with E-state index in [-0.39, 0.29) is 0 Å². The first-order chi connectivity index (χ1) is 17.4. The van der Waals surface area contributed by atoms with Crippen molar-refractivity contribution in [3.05, 3.63) is 121 Å². The molecule has 3 heteroatoms. The first-order valence-corrected chi connectivity index (χ1v) is 13.9. The van der Waals surface area contributed by atoms with Crippen molar-refractivity contribution in [1.82, 2.24) is 0 Å². The summed E-state index contributed by atoms with van der Waals surface area (Å²) < 4.78 is 13.6. The highest BCUT2D eigenvalue weighted by molar-refractivity contribution is 7.22. The second-order valence-corrected chi connectivity index (χ2v) is 12.9. The third kappa shape index (κ3) is 2.38. The summed E-state index contributed by atoms with van der Waals surface area (Å²) in [6.07, 6.45) is 0. The fourth-order valence-electron chi connectivity index (χ4n) is 6.12. The number of fused-ring (bicyclic) bond motifs is 8. The monoisotopic (exact) mass is 464 g/mol. The van der Waals surface area contributed by atoms with Gasteiger partial charge in [0.1, 0.15) is 23.0 Å². The van der Waals surface area contributed by atoms with Crippen LogP contribution in [0, 0.1) is 0 Å². The molecule has 0 bridgehead atoms. The molecule has 2 aliphatic heterocycles. The first kappa shape index (κ1) is 19.0. The van der Waals surface area contributed by atoms with E-state index in [2.05, 4.69) is 121 Å². The summed E-state index contributed by atoms with van der Waals surface area (Å²) in [4.78, 5) is 0. The van der Waals surface area contributed by atoms with E-state index in [1.807, 2.05) is 0 Å². The molecule has 2 nitrogen and oxygen atoms in total. The normalized spacial score (nSPS) is 17.1. The van der Waals surface area contributed by atoms with Crippen LogP contribution in [-0.4, -0.2) is 8.07 Å². The van der Waals surface area contributed by atoms with E-state index in [0.717, 1.165) is 39.2 Å². The lowest BCUT2D eigenvalue weighted by Crippen LogP contribution is -2.77. The molecule has 0 saturated heterocycles. The van der Waals surface area contributed by atoms with Crippen LogP contribution in [0.4, 0.5) is 0 Å². The van der Waals surface area contributed by atoms with Crippen molar-refractivity contribution in [2.45, 2.75) is 0 Å². The topological polar surface area (TPSA) is 18.5 Å². The number of hydrogen-bond acceptors (Lipinski definition) is 2. The van der Waals surface area contributed by atoms with Crippen LogP contribution in [0.1, 0.15) is 0 Å². The number of ether oxygens (including phenoxy) is 2. The Morgan fingerprint density at radius 3 is 2.00 bits per heavy atom. The van der Waals surface area contributed by atoms with Gasteiger partial charge < -0.3 is 9.47 Å². The molecule has 0 saturated carbocycles. The van der Waals surface area contributed by atoms with Crippen molar-refractivity contribution in [2.75, 3.05) is 0 Å². The lowest BCUT2D eigenvalue weighted by Gasteiger charge is -2.44. The van der Waals surface area contributed by atoms with Crippen LogP contribution in [-0.2, 0) is 0 Å². The van der Waals surface area contributed by atoms with Crippen LogP contribution in [0.5, 0.6) is 23.0 Å². The molecule has 0 spiro atoms. The molecule has 35 heavy (non-hydrogen) atoms. The summed E-state index contributed by atoms with van der Waals surface area (Å²) in [5.41, 5.74) is 0. The maximum Gasteiger partial charge on any atom is 0.197 e. The fraction of sp³-hybridized carbons (Fsp3) is 0. The molecular weight excluding hydrogens is 444 g/mol. The molecule has 2 heterocycles. The zero-order chi connectivity index (χ0) is 23.0. The molecule has 1 unspecified atom stereocenters. The summed E-state index contributed by atoms with van der Waals surface area (Å²) >= 11 is 0. The Bertz CT molecular complexity index is 1810. The van der Waals surface area contributed by atoms with Gasteiger partial charge in [0.15, 0.2) is 8.07 Å². The van der Waals surface area contributed by atoms with E-state index >= 15 is 0 Å². The summed E-state index contributed by atoms with van der Waals surface area (Å²) in [6.45, 7) is 0. The Kier molecular flexibility index (Phi) is 3.72. The van der Waals surface area contributed by atoms with Gasteiger partial charge in [-0.3, -0.25) is 0 Å². The number of para-hydroxylation sites is 1. The molecule has 0 radical (unpaired) electrons. The van der Waals surface area contributed by atoms with E-state index in [4.69, 9.17) is 9.47 Å². The van der Waals surface area contributed by atoms with Gasteiger partial charge in [0.25, 0.3) is 0 Å². The summed E-state index contributed by atoms with van der Waals surface area (Å²) in [5.74, 6) is 3.77.